The van der Waals surface area contributed by atoms with Gasteiger partial charge in [-0.25, -0.2) is 4.79 Å². The SMILES string of the molecule is CCCCCCC(C/C=C\CCCCCCCC(=O)OC[C@@H](O)CO)OC(=O)c1c2ccccc2cc2ccccc12. The van der Waals surface area contributed by atoms with Crippen LogP contribution in [0, 0.1) is 0 Å². The Hall–Kier alpha value is -3.22. The molecule has 42 heavy (non-hydrogen) atoms. The minimum absolute atomic E-state index is 0.151. The topological polar surface area (TPSA) is 93.1 Å². The minimum Gasteiger partial charge on any atom is -0.463 e. The Balaban J connectivity index is 1.47. The van der Waals surface area contributed by atoms with E-state index in [0.717, 1.165) is 79.3 Å². The van der Waals surface area contributed by atoms with Gasteiger partial charge < -0.3 is 19.7 Å². The van der Waals surface area contributed by atoms with E-state index in [1.165, 1.54) is 12.8 Å². The molecule has 3 rings (SSSR count). The van der Waals surface area contributed by atoms with Crippen LogP contribution in [0.3, 0.4) is 0 Å². The number of ether oxygens (including phenoxy) is 2. The largest absolute Gasteiger partial charge is 0.463 e. The van der Waals surface area contributed by atoms with E-state index in [-0.39, 0.29) is 24.6 Å². The number of carbonyl (C=O) groups is 2. The standard InChI is InChI=1S/C36H48O6/c1-2-3-4-11-20-31(21-12-9-7-5-6-8-10-13-24-34(39)41-27-30(38)26-37)42-36(40)35-32-22-16-14-18-28(32)25-29-19-15-17-23-33(29)35/h9,12,14-19,22-23,25,30-31,37-38H,2-8,10-11,13,20-21,24,26-27H2,1H3/b12-9-/t30-,31?/m0/s1. The maximum atomic E-state index is 13.7. The lowest BCUT2D eigenvalue weighted by molar-refractivity contribution is -0.147. The first kappa shape index (κ1) is 33.3. The first-order valence-electron chi connectivity index (χ1n) is 15.7. The van der Waals surface area contributed by atoms with Crippen LogP contribution in [-0.4, -0.2) is 47.6 Å². The predicted octanol–water partition coefficient (Wildman–Crippen LogP) is 8.06. The Kier molecular flexibility index (Phi) is 15.1. The monoisotopic (exact) mass is 576 g/mol. The van der Waals surface area contributed by atoms with Crippen LogP contribution in [0.5, 0.6) is 0 Å². The Bertz CT molecular complexity index is 1210. The number of hydrogen-bond acceptors (Lipinski definition) is 6. The summed E-state index contributed by atoms with van der Waals surface area (Å²) in [7, 11) is 0. The van der Waals surface area contributed by atoms with E-state index >= 15 is 0 Å². The summed E-state index contributed by atoms with van der Waals surface area (Å²) in [6.45, 7) is 1.64. The number of carbonyl (C=O) groups excluding carboxylic acids is 2. The second kappa shape index (κ2) is 19.1. The molecule has 0 aliphatic rings. The fourth-order valence-corrected chi connectivity index (χ4v) is 5.21. The molecule has 2 atom stereocenters. The first-order valence-corrected chi connectivity index (χ1v) is 15.7. The molecule has 228 valence electrons. The number of rotatable bonds is 20. The summed E-state index contributed by atoms with van der Waals surface area (Å²) in [5.74, 6) is -0.575. The van der Waals surface area contributed by atoms with E-state index in [9.17, 15) is 14.7 Å². The van der Waals surface area contributed by atoms with Gasteiger partial charge in [-0.2, -0.15) is 0 Å². The average molecular weight is 577 g/mol. The van der Waals surface area contributed by atoms with Gasteiger partial charge in [0.25, 0.3) is 0 Å². The molecular formula is C36H48O6. The van der Waals surface area contributed by atoms with Gasteiger partial charge in [-0.1, -0.05) is 106 Å². The number of benzene rings is 3. The molecule has 0 saturated heterocycles. The van der Waals surface area contributed by atoms with E-state index in [0.29, 0.717) is 18.4 Å². The maximum absolute atomic E-state index is 13.7. The van der Waals surface area contributed by atoms with Gasteiger partial charge in [-0.3, -0.25) is 4.79 Å². The third-order valence-corrected chi connectivity index (χ3v) is 7.59. The van der Waals surface area contributed by atoms with Crippen LogP contribution in [0.1, 0.15) is 101 Å². The number of esters is 2. The zero-order valence-electron chi connectivity index (χ0n) is 25.1. The lowest BCUT2D eigenvalue weighted by Crippen LogP contribution is -2.21. The lowest BCUT2D eigenvalue weighted by atomic mass is 9.96. The molecule has 0 heterocycles. The number of aliphatic hydroxyl groups excluding tert-OH is 2. The molecule has 0 spiro atoms. The smallest absolute Gasteiger partial charge is 0.339 e. The number of allylic oxidation sites excluding steroid dienone is 1. The zero-order chi connectivity index (χ0) is 30.0. The summed E-state index contributed by atoms with van der Waals surface area (Å²) in [5.41, 5.74) is 0.655. The summed E-state index contributed by atoms with van der Waals surface area (Å²) < 4.78 is 11.1. The number of aliphatic hydroxyl groups is 2. The molecule has 6 nitrogen and oxygen atoms in total. The molecule has 0 bridgehead atoms. The van der Waals surface area contributed by atoms with E-state index in [1.807, 2.05) is 48.5 Å². The Morgan fingerprint density at radius 1 is 0.833 bits per heavy atom. The molecule has 1 unspecified atom stereocenters. The normalized spacial score (nSPS) is 13.0. The third kappa shape index (κ3) is 11.2. The summed E-state index contributed by atoms with van der Waals surface area (Å²) in [5, 5.41) is 21.9. The van der Waals surface area contributed by atoms with Crippen LogP contribution in [-0.2, 0) is 14.3 Å². The lowest BCUT2D eigenvalue weighted by Gasteiger charge is -2.18. The average Bonchev–Trinajstić information content (AvgIpc) is 3.01. The van der Waals surface area contributed by atoms with E-state index in [1.54, 1.807) is 0 Å². The third-order valence-electron chi connectivity index (χ3n) is 7.59. The van der Waals surface area contributed by atoms with Gasteiger partial charge in [0.2, 0.25) is 0 Å². The van der Waals surface area contributed by atoms with Gasteiger partial charge in [0.15, 0.2) is 0 Å². The molecule has 3 aromatic carbocycles. The van der Waals surface area contributed by atoms with E-state index in [4.69, 9.17) is 14.6 Å². The highest BCUT2D eigenvalue weighted by Gasteiger charge is 2.20. The van der Waals surface area contributed by atoms with Gasteiger partial charge in [0, 0.05) is 12.8 Å². The molecular weight excluding hydrogens is 528 g/mol. The Morgan fingerprint density at radius 2 is 1.48 bits per heavy atom. The molecule has 0 aromatic heterocycles. The highest BCUT2D eigenvalue weighted by Crippen LogP contribution is 2.30. The van der Waals surface area contributed by atoms with Crippen LogP contribution in [0.2, 0.25) is 0 Å². The van der Waals surface area contributed by atoms with Crippen molar-refractivity contribution in [1.82, 2.24) is 0 Å². The van der Waals surface area contributed by atoms with E-state index in [2.05, 4.69) is 25.1 Å². The molecule has 0 aliphatic heterocycles. The van der Waals surface area contributed by atoms with Crippen LogP contribution >= 0.6 is 0 Å². The van der Waals surface area contributed by atoms with Crippen molar-refractivity contribution >= 4 is 33.5 Å². The summed E-state index contributed by atoms with van der Waals surface area (Å²) in [6.07, 6.45) is 15.6. The highest BCUT2D eigenvalue weighted by molar-refractivity contribution is 6.16. The second-order valence-electron chi connectivity index (χ2n) is 11.1. The molecule has 0 radical (unpaired) electrons. The maximum Gasteiger partial charge on any atom is 0.339 e. The first-order chi connectivity index (χ1) is 20.5. The van der Waals surface area contributed by atoms with Crippen molar-refractivity contribution in [2.75, 3.05) is 13.2 Å². The fourth-order valence-electron chi connectivity index (χ4n) is 5.21. The molecule has 0 aliphatic carbocycles. The zero-order valence-corrected chi connectivity index (χ0v) is 25.1. The molecule has 0 amide bonds. The van der Waals surface area contributed by atoms with Gasteiger partial charge in [-0.15, -0.1) is 0 Å². The molecule has 2 N–H and O–H groups in total. The summed E-state index contributed by atoms with van der Waals surface area (Å²) in [6, 6.07) is 18.2. The van der Waals surface area contributed by atoms with Crippen molar-refractivity contribution in [3.05, 3.63) is 72.3 Å². The van der Waals surface area contributed by atoms with E-state index < -0.39 is 12.7 Å². The quantitative estimate of drug-likeness (QED) is 0.0612. The number of unbranched alkanes of at least 4 members (excludes halogenated alkanes) is 8. The Morgan fingerprint density at radius 3 is 2.17 bits per heavy atom. The van der Waals surface area contributed by atoms with Crippen molar-refractivity contribution in [2.24, 2.45) is 0 Å². The van der Waals surface area contributed by atoms with Crippen LogP contribution in [0.4, 0.5) is 0 Å². The van der Waals surface area contributed by atoms with Crippen LogP contribution in [0.15, 0.2) is 66.7 Å². The fraction of sp³-hybridized carbons (Fsp3) is 0.500. The molecule has 3 aromatic rings. The van der Waals surface area contributed by atoms with Crippen molar-refractivity contribution in [3.63, 3.8) is 0 Å². The number of fused-ring (bicyclic) bond motifs is 2. The van der Waals surface area contributed by atoms with Gasteiger partial charge >= 0.3 is 11.9 Å². The summed E-state index contributed by atoms with van der Waals surface area (Å²) in [4.78, 5) is 25.3. The predicted molar refractivity (Wildman–Crippen MR) is 170 cm³/mol. The van der Waals surface area contributed by atoms with Gasteiger partial charge in [0.1, 0.15) is 18.8 Å². The molecule has 0 fully saturated rings. The second-order valence-corrected chi connectivity index (χ2v) is 11.1. The van der Waals surface area contributed by atoms with Crippen LogP contribution < -0.4 is 0 Å². The molecule has 6 heteroatoms. The Labute approximate surface area is 250 Å². The van der Waals surface area contributed by atoms with Gasteiger partial charge in [0.05, 0.1) is 12.2 Å². The van der Waals surface area contributed by atoms with Gasteiger partial charge in [-0.05, 0) is 59.7 Å². The van der Waals surface area contributed by atoms with Crippen molar-refractivity contribution < 1.29 is 29.3 Å². The number of hydrogen-bond donors (Lipinski definition) is 2. The summed E-state index contributed by atoms with van der Waals surface area (Å²) >= 11 is 0. The van der Waals surface area contributed by atoms with Crippen molar-refractivity contribution in [2.45, 2.75) is 103 Å². The highest BCUT2D eigenvalue weighted by atomic mass is 16.5. The van der Waals surface area contributed by atoms with Crippen molar-refractivity contribution in [3.8, 4) is 0 Å². The molecule has 0 saturated carbocycles. The minimum atomic E-state index is -1.00. The van der Waals surface area contributed by atoms with Crippen LogP contribution in [0.25, 0.3) is 21.5 Å². The van der Waals surface area contributed by atoms with Crippen molar-refractivity contribution in [1.29, 1.82) is 0 Å².